The molecule has 0 unspecified atom stereocenters. The molecule has 0 fully saturated rings. The molecule has 7 heteroatoms. The Bertz CT molecular complexity index is 1010. The summed E-state index contributed by atoms with van der Waals surface area (Å²) in [6.45, 7) is 5.83. The Labute approximate surface area is 174 Å². The molecule has 6 nitrogen and oxygen atoms in total. The van der Waals surface area contributed by atoms with Crippen LogP contribution in [0.25, 0.3) is 5.69 Å². The van der Waals surface area contributed by atoms with Gasteiger partial charge in [-0.25, -0.2) is 4.98 Å². The number of nitrogens with one attached hydrogen (secondary N) is 2. The summed E-state index contributed by atoms with van der Waals surface area (Å²) >= 11 is 1.35. The Morgan fingerprint density at radius 2 is 1.93 bits per heavy atom. The highest BCUT2D eigenvalue weighted by Gasteiger charge is 2.15. The number of anilines is 1. The molecule has 2 amide bonds. The van der Waals surface area contributed by atoms with Crippen molar-refractivity contribution in [3.8, 4) is 5.69 Å². The molecule has 29 heavy (non-hydrogen) atoms. The molecule has 1 aromatic heterocycles. The quantitative estimate of drug-likeness (QED) is 0.578. The van der Waals surface area contributed by atoms with Gasteiger partial charge < -0.3 is 10.6 Å². The number of carbonyl (C=O) groups excluding carboxylic acids is 2. The fourth-order valence-corrected chi connectivity index (χ4v) is 3.59. The van der Waals surface area contributed by atoms with Crippen molar-refractivity contribution in [3.05, 3.63) is 72.1 Å². The number of imidazole rings is 1. The first-order chi connectivity index (χ1) is 13.9. The molecule has 0 atom stereocenters. The molecule has 3 rings (SSSR count). The van der Waals surface area contributed by atoms with Crippen LogP contribution in [0.5, 0.6) is 0 Å². The number of hydrogen-bond donors (Lipinski definition) is 2. The fourth-order valence-electron chi connectivity index (χ4n) is 2.82. The first-order valence-electron chi connectivity index (χ1n) is 9.37. The first-order valence-corrected chi connectivity index (χ1v) is 10.4. The molecule has 0 aliphatic carbocycles. The van der Waals surface area contributed by atoms with Gasteiger partial charge >= 0.3 is 0 Å². The Kier molecular flexibility index (Phi) is 6.72. The maximum Gasteiger partial charge on any atom is 0.253 e. The second kappa shape index (κ2) is 9.43. The summed E-state index contributed by atoms with van der Waals surface area (Å²) in [6, 6.07) is 15.1. The monoisotopic (exact) mass is 408 g/mol. The molecule has 0 aliphatic heterocycles. The van der Waals surface area contributed by atoms with Crippen LogP contribution >= 0.6 is 11.8 Å². The SMILES string of the molecule is Cc1cccc(-n2ccnc2SCC(=O)Nc2ccccc2C(=O)NC(C)C)c1. The summed E-state index contributed by atoms with van der Waals surface area (Å²) in [5.74, 6) is -0.222. The van der Waals surface area contributed by atoms with Gasteiger partial charge in [0.15, 0.2) is 5.16 Å². The number of aromatic nitrogens is 2. The number of amides is 2. The van der Waals surface area contributed by atoms with E-state index in [1.807, 2.05) is 49.7 Å². The number of hydrogen-bond acceptors (Lipinski definition) is 4. The van der Waals surface area contributed by atoms with Gasteiger partial charge in [-0.3, -0.25) is 14.2 Å². The Hall–Kier alpha value is -3.06. The predicted molar refractivity (Wildman–Crippen MR) is 117 cm³/mol. The minimum atomic E-state index is -0.210. The van der Waals surface area contributed by atoms with E-state index in [1.165, 1.54) is 11.8 Å². The highest BCUT2D eigenvalue weighted by molar-refractivity contribution is 7.99. The van der Waals surface area contributed by atoms with Crippen molar-refractivity contribution in [1.29, 1.82) is 0 Å². The summed E-state index contributed by atoms with van der Waals surface area (Å²) in [7, 11) is 0. The Morgan fingerprint density at radius 3 is 2.69 bits per heavy atom. The van der Waals surface area contributed by atoms with Crippen LogP contribution in [0.15, 0.2) is 66.1 Å². The normalized spacial score (nSPS) is 10.8. The van der Waals surface area contributed by atoms with Gasteiger partial charge in [0, 0.05) is 24.1 Å². The number of benzene rings is 2. The van der Waals surface area contributed by atoms with E-state index in [2.05, 4.69) is 21.7 Å². The van der Waals surface area contributed by atoms with Gasteiger partial charge in [0.2, 0.25) is 5.91 Å². The van der Waals surface area contributed by atoms with Crippen molar-refractivity contribution >= 4 is 29.3 Å². The molecule has 1 heterocycles. The van der Waals surface area contributed by atoms with Crippen molar-refractivity contribution < 1.29 is 9.59 Å². The van der Waals surface area contributed by atoms with Crippen LogP contribution in [0.1, 0.15) is 29.8 Å². The van der Waals surface area contributed by atoms with Crippen LogP contribution < -0.4 is 10.6 Å². The molecule has 0 aliphatic rings. The summed E-state index contributed by atoms with van der Waals surface area (Å²) in [5.41, 5.74) is 3.10. The molecule has 0 saturated heterocycles. The zero-order chi connectivity index (χ0) is 20.8. The van der Waals surface area contributed by atoms with Gasteiger partial charge in [-0.1, -0.05) is 36.0 Å². The molecular weight excluding hydrogens is 384 g/mol. The number of rotatable bonds is 7. The van der Waals surface area contributed by atoms with Crippen LogP contribution in [-0.2, 0) is 4.79 Å². The van der Waals surface area contributed by atoms with E-state index in [0.717, 1.165) is 16.4 Å². The number of thioether (sulfide) groups is 1. The van der Waals surface area contributed by atoms with Crippen LogP contribution in [0.2, 0.25) is 0 Å². The third kappa shape index (κ3) is 5.48. The molecular formula is C22H24N4O2S. The summed E-state index contributed by atoms with van der Waals surface area (Å²) in [4.78, 5) is 29.2. The average molecular weight is 409 g/mol. The van der Waals surface area contributed by atoms with E-state index in [4.69, 9.17) is 0 Å². The van der Waals surface area contributed by atoms with Gasteiger partial charge in [-0.15, -0.1) is 0 Å². The zero-order valence-electron chi connectivity index (χ0n) is 16.7. The highest BCUT2D eigenvalue weighted by Crippen LogP contribution is 2.22. The molecule has 0 spiro atoms. The van der Waals surface area contributed by atoms with E-state index < -0.39 is 0 Å². The lowest BCUT2D eigenvalue weighted by molar-refractivity contribution is -0.113. The van der Waals surface area contributed by atoms with Crippen LogP contribution in [0.3, 0.4) is 0 Å². The number of nitrogens with zero attached hydrogens (tertiary/aromatic N) is 2. The van der Waals surface area contributed by atoms with Crippen molar-refractivity contribution in [2.24, 2.45) is 0 Å². The third-order valence-electron chi connectivity index (χ3n) is 4.08. The van der Waals surface area contributed by atoms with Crippen molar-refractivity contribution in [1.82, 2.24) is 14.9 Å². The van der Waals surface area contributed by atoms with E-state index in [1.54, 1.807) is 30.5 Å². The second-order valence-electron chi connectivity index (χ2n) is 6.93. The number of para-hydroxylation sites is 1. The Balaban J connectivity index is 1.67. The minimum absolute atomic E-state index is 0.0160. The van der Waals surface area contributed by atoms with Gasteiger partial charge in [0.05, 0.1) is 17.0 Å². The maximum atomic E-state index is 12.5. The maximum absolute atomic E-state index is 12.5. The summed E-state index contributed by atoms with van der Waals surface area (Å²) in [6.07, 6.45) is 3.59. The first kappa shape index (κ1) is 20.7. The second-order valence-corrected chi connectivity index (χ2v) is 7.87. The molecule has 2 aromatic carbocycles. The standard InChI is InChI=1S/C22H24N4O2S/c1-15(2)24-21(28)18-9-4-5-10-19(18)25-20(27)14-29-22-23-11-12-26(22)17-8-6-7-16(3)13-17/h4-13,15H,14H2,1-3H3,(H,24,28)(H,25,27). The van der Waals surface area contributed by atoms with Crippen molar-refractivity contribution in [2.45, 2.75) is 32.0 Å². The molecule has 0 saturated carbocycles. The van der Waals surface area contributed by atoms with Crippen LogP contribution in [0.4, 0.5) is 5.69 Å². The van der Waals surface area contributed by atoms with Gasteiger partial charge in [0.25, 0.3) is 5.91 Å². The van der Waals surface area contributed by atoms with Crippen molar-refractivity contribution in [2.75, 3.05) is 11.1 Å². The van der Waals surface area contributed by atoms with Gasteiger partial charge in [-0.2, -0.15) is 0 Å². The lowest BCUT2D eigenvalue weighted by Gasteiger charge is -2.13. The van der Waals surface area contributed by atoms with Crippen LogP contribution in [-0.4, -0.2) is 33.2 Å². The van der Waals surface area contributed by atoms with E-state index in [0.29, 0.717) is 11.3 Å². The van der Waals surface area contributed by atoms with E-state index in [-0.39, 0.29) is 23.6 Å². The predicted octanol–water partition coefficient (Wildman–Crippen LogP) is 4.05. The van der Waals surface area contributed by atoms with Gasteiger partial charge in [0.1, 0.15) is 0 Å². The topological polar surface area (TPSA) is 76.0 Å². The highest BCUT2D eigenvalue weighted by atomic mass is 32.2. The van der Waals surface area contributed by atoms with E-state index in [9.17, 15) is 9.59 Å². The molecule has 150 valence electrons. The fraction of sp³-hybridized carbons (Fsp3) is 0.227. The molecule has 0 bridgehead atoms. The number of aryl methyl sites for hydroxylation is 1. The number of carbonyl (C=O) groups is 2. The lowest BCUT2D eigenvalue weighted by Crippen LogP contribution is -2.31. The Morgan fingerprint density at radius 1 is 1.14 bits per heavy atom. The van der Waals surface area contributed by atoms with Crippen molar-refractivity contribution in [3.63, 3.8) is 0 Å². The summed E-state index contributed by atoms with van der Waals surface area (Å²) in [5, 5.41) is 6.42. The zero-order valence-corrected chi connectivity index (χ0v) is 17.5. The third-order valence-corrected chi connectivity index (χ3v) is 5.05. The largest absolute Gasteiger partial charge is 0.350 e. The molecule has 0 radical (unpaired) electrons. The van der Waals surface area contributed by atoms with E-state index >= 15 is 0 Å². The average Bonchev–Trinajstić information content (AvgIpc) is 3.15. The molecule has 2 N–H and O–H groups in total. The summed E-state index contributed by atoms with van der Waals surface area (Å²) < 4.78 is 1.95. The smallest absolute Gasteiger partial charge is 0.253 e. The minimum Gasteiger partial charge on any atom is -0.350 e. The lowest BCUT2D eigenvalue weighted by atomic mass is 10.1. The van der Waals surface area contributed by atoms with Crippen LogP contribution in [0, 0.1) is 6.92 Å². The molecule has 3 aromatic rings. The van der Waals surface area contributed by atoms with Gasteiger partial charge in [-0.05, 0) is 50.6 Å².